The Labute approximate surface area is 171 Å². The highest BCUT2D eigenvalue weighted by atomic mass is 16.6. The molecule has 2 amide bonds. The van der Waals surface area contributed by atoms with E-state index in [9.17, 15) is 14.4 Å². The molecule has 29 heavy (non-hydrogen) atoms. The van der Waals surface area contributed by atoms with Gasteiger partial charge in [0.25, 0.3) is 0 Å². The molecule has 1 aromatic carbocycles. The number of carbonyl (C=O) groups is 3. The van der Waals surface area contributed by atoms with Crippen LogP contribution < -0.4 is 0 Å². The lowest BCUT2D eigenvalue weighted by molar-refractivity contribution is -0.149. The quantitative estimate of drug-likeness (QED) is 0.724. The number of likely N-dealkylation sites (tertiary alicyclic amines) is 2. The van der Waals surface area contributed by atoms with Crippen LogP contribution in [0.1, 0.15) is 39.2 Å². The van der Waals surface area contributed by atoms with Gasteiger partial charge in [-0.3, -0.25) is 9.59 Å². The van der Waals surface area contributed by atoms with Crippen LogP contribution >= 0.6 is 0 Å². The Kier molecular flexibility index (Phi) is 6.45. The summed E-state index contributed by atoms with van der Waals surface area (Å²) >= 11 is 0. The highest BCUT2D eigenvalue weighted by Gasteiger charge is 2.39. The minimum absolute atomic E-state index is 0.00872. The second-order valence-electron chi connectivity index (χ2n) is 8.78. The molecule has 0 bridgehead atoms. The highest BCUT2D eigenvalue weighted by molar-refractivity contribution is 5.82. The molecule has 0 saturated carbocycles. The molecule has 2 aliphatic rings. The lowest BCUT2D eigenvalue weighted by atomic mass is 10.1. The molecule has 0 spiro atoms. The summed E-state index contributed by atoms with van der Waals surface area (Å²) in [4.78, 5) is 40.7. The van der Waals surface area contributed by atoms with Gasteiger partial charge in [0.15, 0.2) is 0 Å². The fraction of sp³-hybridized carbons (Fsp3) is 0.591. The molecule has 158 valence electrons. The Hall–Kier alpha value is -2.57. The summed E-state index contributed by atoms with van der Waals surface area (Å²) in [6, 6.07) is 9.55. The van der Waals surface area contributed by atoms with Crippen molar-refractivity contribution in [1.82, 2.24) is 9.80 Å². The minimum atomic E-state index is -0.554. The summed E-state index contributed by atoms with van der Waals surface area (Å²) in [7, 11) is 0. The average Bonchev–Trinajstić information content (AvgIpc) is 3.35. The van der Waals surface area contributed by atoms with Gasteiger partial charge in [-0.2, -0.15) is 0 Å². The number of benzene rings is 1. The molecule has 2 saturated heterocycles. The number of hydrogen-bond donors (Lipinski definition) is 0. The van der Waals surface area contributed by atoms with Gasteiger partial charge in [0.05, 0.1) is 11.8 Å². The van der Waals surface area contributed by atoms with E-state index in [1.54, 1.807) is 9.80 Å². The van der Waals surface area contributed by atoms with E-state index in [-0.39, 0.29) is 36.4 Å². The summed E-state index contributed by atoms with van der Waals surface area (Å²) in [5, 5.41) is 0. The van der Waals surface area contributed by atoms with Gasteiger partial charge in [0.2, 0.25) is 5.91 Å². The molecule has 2 atom stereocenters. The maximum Gasteiger partial charge on any atom is 0.410 e. The summed E-state index contributed by atoms with van der Waals surface area (Å²) in [6.45, 7) is 7.54. The molecule has 7 nitrogen and oxygen atoms in total. The summed E-state index contributed by atoms with van der Waals surface area (Å²) in [5.41, 5.74) is 0.390. The lowest BCUT2D eigenvalue weighted by Crippen LogP contribution is -2.39. The Morgan fingerprint density at radius 2 is 1.59 bits per heavy atom. The van der Waals surface area contributed by atoms with Crippen LogP contribution in [0.3, 0.4) is 0 Å². The van der Waals surface area contributed by atoms with Crippen LogP contribution in [0.15, 0.2) is 30.3 Å². The van der Waals surface area contributed by atoms with Crippen molar-refractivity contribution >= 4 is 18.0 Å². The first-order chi connectivity index (χ1) is 13.7. The first-order valence-electron chi connectivity index (χ1n) is 10.2. The number of esters is 1. The first-order valence-corrected chi connectivity index (χ1v) is 10.2. The van der Waals surface area contributed by atoms with Crippen molar-refractivity contribution in [1.29, 1.82) is 0 Å². The topological polar surface area (TPSA) is 76.2 Å². The Morgan fingerprint density at radius 1 is 0.966 bits per heavy atom. The van der Waals surface area contributed by atoms with E-state index in [4.69, 9.17) is 9.47 Å². The Morgan fingerprint density at radius 3 is 2.28 bits per heavy atom. The average molecular weight is 402 g/mol. The Bertz CT molecular complexity index is 743. The summed E-state index contributed by atoms with van der Waals surface area (Å²) < 4.78 is 10.8. The van der Waals surface area contributed by atoms with Gasteiger partial charge in [0.1, 0.15) is 12.2 Å². The highest BCUT2D eigenvalue weighted by Crippen LogP contribution is 2.25. The van der Waals surface area contributed by atoms with Crippen LogP contribution in [-0.2, 0) is 25.7 Å². The van der Waals surface area contributed by atoms with E-state index in [0.717, 1.165) is 5.56 Å². The van der Waals surface area contributed by atoms with Gasteiger partial charge in [-0.25, -0.2) is 4.79 Å². The predicted octanol–water partition coefficient (Wildman–Crippen LogP) is 2.84. The standard InChI is InChI=1S/C22H30N2O5/c1-22(2,3)29-21(27)24-12-9-17(13-24)19(25)23-11-10-18(14-23)20(26)28-15-16-7-5-4-6-8-16/h4-8,17-18H,9-15H2,1-3H3/t17-,18-/m0/s1. The molecule has 0 aliphatic carbocycles. The van der Waals surface area contributed by atoms with Gasteiger partial charge >= 0.3 is 12.1 Å². The molecule has 1 aromatic rings. The third kappa shape index (κ3) is 5.71. The van der Waals surface area contributed by atoms with E-state index < -0.39 is 5.60 Å². The molecule has 0 unspecified atom stereocenters. The second kappa shape index (κ2) is 8.84. The molecule has 2 fully saturated rings. The third-order valence-electron chi connectivity index (χ3n) is 5.25. The smallest absolute Gasteiger partial charge is 0.410 e. The van der Waals surface area contributed by atoms with Crippen molar-refractivity contribution in [2.75, 3.05) is 26.2 Å². The number of amides is 2. The van der Waals surface area contributed by atoms with Gasteiger partial charge in [-0.15, -0.1) is 0 Å². The maximum atomic E-state index is 12.8. The van der Waals surface area contributed by atoms with Gasteiger partial charge < -0.3 is 19.3 Å². The molecule has 2 heterocycles. The zero-order valence-corrected chi connectivity index (χ0v) is 17.4. The van der Waals surface area contributed by atoms with Crippen molar-refractivity contribution in [3.05, 3.63) is 35.9 Å². The van der Waals surface area contributed by atoms with E-state index in [0.29, 0.717) is 39.0 Å². The monoisotopic (exact) mass is 402 g/mol. The molecular weight excluding hydrogens is 372 g/mol. The van der Waals surface area contributed by atoms with Crippen molar-refractivity contribution in [2.24, 2.45) is 11.8 Å². The van der Waals surface area contributed by atoms with Crippen LogP contribution in [-0.4, -0.2) is 59.5 Å². The minimum Gasteiger partial charge on any atom is -0.461 e. The number of ether oxygens (including phenoxy) is 2. The number of carbonyl (C=O) groups excluding carboxylic acids is 3. The summed E-state index contributed by atoms with van der Waals surface area (Å²) in [5.74, 6) is -0.770. The van der Waals surface area contributed by atoms with Crippen LogP contribution in [0, 0.1) is 11.8 Å². The predicted molar refractivity (Wildman–Crippen MR) is 107 cm³/mol. The number of rotatable bonds is 4. The molecular formula is C22H30N2O5. The lowest BCUT2D eigenvalue weighted by Gasteiger charge is -2.25. The fourth-order valence-corrected chi connectivity index (χ4v) is 3.71. The van der Waals surface area contributed by atoms with E-state index >= 15 is 0 Å². The number of nitrogens with zero attached hydrogens (tertiary/aromatic N) is 2. The molecule has 0 radical (unpaired) electrons. The molecule has 2 aliphatic heterocycles. The van der Waals surface area contributed by atoms with Crippen LogP contribution in [0.5, 0.6) is 0 Å². The van der Waals surface area contributed by atoms with Crippen LogP contribution in [0.25, 0.3) is 0 Å². The van der Waals surface area contributed by atoms with E-state index in [2.05, 4.69) is 0 Å². The van der Waals surface area contributed by atoms with Crippen molar-refractivity contribution in [2.45, 2.75) is 45.8 Å². The van der Waals surface area contributed by atoms with E-state index in [1.807, 2.05) is 51.1 Å². The zero-order valence-electron chi connectivity index (χ0n) is 17.4. The van der Waals surface area contributed by atoms with E-state index in [1.165, 1.54) is 0 Å². The van der Waals surface area contributed by atoms with Gasteiger partial charge in [0, 0.05) is 26.2 Å². The van der Waals surface area contributed by atoms with Crippen molar-refractivity contribution < 1.29 is 23.9 Å². The van der Waals surface area contributed by atoms with Crippen LogP contribution in [0.2, 0.25) is 0 Å². The molecule has 0 aromatic heterocycles. The summed E-state index contributed by atoms with van der Waals surface area (Å²) in [6.07, 6.45) is 0.858. The van der Waals surface area contributed by atoms with Gasteiger partial charge in [-0.1, -0.05) is 30.3 Å². The largest absolute Gasteiger partial charge is 0.461 e. The maximum absolute atomic E-state index is 12.8. The van der Waals surface area contributed by atoms with Crippen molar-refractivity contribution in [3.8, 4) is 0 Å². The SMILES string of the molecule is CC(C)(C)OC(=O)N1CC[C@H](C(=O)N2CC[C@H](C(=O)OCc3ccccc3)C2)C1. The normalized spacial score (nSPS) is 21.9. The van der Waals surface area contributed by atoms with Crippen molar-refractivity contribution in [3.63, 3.8) is 0 Å². The third-order valence-corrected chi connectivity index (χ3v) is 5.25. The molecule has 7 heteroatoms. The Balaban J connectivity index is 1.45. The fourth-order valence-electron chi connectivity index (χ4n) is 3.71. The second-order valence-corrected chi connectivity index (χ2v) is 8.78. The molecule has 3 rings (SSSR count). The zero-order chi connectivity index (χ0) is 21.0. The molecule has 0 N–H and O–H groups in total. The van der Waals surface area contributed by atoms with Gasteiger partial charge in [-0.05, 0) is 39.2 Å². The first kappa shape index (κ1) is 21.1. The number of hydrogen-bond acceptors (Lipinski definition) is 5. The van der Waals surface area contributed by atoms with Crippen LogP contribution in [0.4, 0.5) is 4.79 Å².